The van der Waals surface area contributed by atoms with Gasteiger partial charge in [0.05, 0.1) is 5.56 Å². The van der Waals surface area contributed by atoms with Crippen LogP contribution in [-0.2, 0) is 0 Å². The van der Waals surface area contributed by atoms with E-state index in [-0.39, 0.29) is 5.91 Å². The summed E-state index contributed by atoms with van der Waals surface area (Å²) in [5.41, 5.74) is 7.08. The van der Waals surface area contributed by atoms with E-state index in [0.717, 1.165) is 12.8 Å². The van der Waals surface area contributed by atoms with Crippen LogP contribution in [0.4, 0.5) is 5.69 Å². The summed E-state index contributed by atoms with van der Waals surface area (Å²) in [4.78, 5) is 14.5. The quantitative estimate of drug-likeness (QED) is 0.757. The van der Waals surface area contributed by atoms with E-state index in [2.05, 4.69) is 13.8 Å². The molecule has 1 saturated heterocycles. The largest absolute Gasteiger partial charge is 0.398 e. The van der Waals surface area contributed by atoms with Crippen molar-refractivity contribution in [2.75, 3.05) is 5.73 Å². The fourth-order valence-electron chi connectivity index (χ4n) is 2.65. The zero-order valence-corrected chi connectivity index (χ0v) is 10.5. The summed E-state index contributed by atoms with van der Waals surface area (Å²) in [5.74, 6) is 0.0720. The molecule has 0 aliphatic carbocycles. The summed E-state index contributed by atoms with van der Waals surface area (Å²) in [6.45, 7) is 4.24. The van der Waals surface area contributed by atoms with Gasteiger partial charge in [-0.2, -0.15) is 0 Å². The third-order valence-corrected chi connectivity index (χ3v) is 3.62. The predicted molar refractivity (Wildman–Crippen MR) is 69.8 cm³/mol. The van der Waals surface area contributed by atoms with E-state index in [1.54, 1.807) is 6.07 Å². The molecule has 2 N–H and O–H groups in total. The van der Waals surface area contributed by atoms with Gasteiger partial charge in [0, 0.05) is 17.8 Å². The van der Waals surface area contributed by atoms with E-state index >= 15 is 0 Å². The van der Waals surface area contributed by atoms with Crippen LogP contribution in [0.5, 0.6) is 0 Å². The Morgan fingerprint density at radius 3 is 2.41 bits per heavy atom. The molecule has 2 atom stereocenters. The number of rotatable bonds is 1. The number of hydrogen-bond acceptors (Lipinski definition) is 2. The second-order valence-electron chi connectivity index (χ2n) is 4.93. The second kappa shape index (κ2) is 4.78. The Morgan fingerprint density at radius 1 is 1.24 bits per heavy atom. The first-order valence-corrected chi connectivity index (χ1v) is 6.28. The third-order valence-electron chi connectivity index (χ3n) is 3.62. The summed E-state index contributed by atoms with van der Waals surface area (Å²) in [6.07, 6.45) is 3.38. The van der Waals surface area contributed by atoms with Gasteiger partial charge >= 0.3 is 0 Å². The van der Waals surface area contributed by atoms with Gasteiger partial charge in [-0.15, -0.1) is 0 Å². The number of nitrogens with two attached hydrogens (primary N) is 1. The number of piperidine rings is 1. The molecule has 1 aliphatic heterocycles. The fourth-order valence-corrected chi connectivity index (χ4v) is 2.65. The Labute approximate surface area is 103 Å². The SMILES string of the molecule is C[C@H]1CCC[C@H](C)N1C(=O)c1ccccc1N. The van der Waals surface area contributed by atoms with Crippen LogP contribution in [0.2, 0.25) is 0 Å². The smallest absolute Gasteiger partial charge is 0.256 e. The number of nitrogens with zero attached hydrogens (tertiary/aromatic N) is 1. The first-order chi connectivity index (χ1) is 8.11. The van der Waals surface area contributed by atoms with Crippen LogP contribution in [0.25, 0.3) is 0 Å². The highest BCUT2D eigenvalue weighted by Crippen LogP contribution is 2.26. The summed E-state index contributed by atoms with van der Waals surface area (Å²) in [6, 6.07) is 7.94. The van der Waals surface area contributed by atoms with Crippen LogP contribution in [0.15, 0.2) is 24.3 Å². The highest BCUT2D eigenvalue weighted by molar-refractivity contribution is 5.99. The van der Waals surface area contributed by atoms with Crippen LogP contribution in [0.1, 0.15) is 43.5 Å². The Bertz CT molecular complexity index is 406. The molecule has 1 aromatic rings. The van der Waals surface area contributed by atoms with Crippen molar-refractivity contribution in [2.24, 2.45) is 0 Å². The average Bonchev–Trinajstić information content (AvgIpc) is 2.29. The van der Waals surface area contributed by atoms with E-state index in [9.17, 15) is 4.79 Å². The lowest BCUT2D eigenvalue weighted by Crippen LogP contribution is -2.47. The van der Waals surface area contributed by atoms with Crippen molar-refractivity contribution in [3.63, 3.8) is 0 Å². The van der Waals surface area contributed by atoms with Crippen molar-refractivity contribution in [3.8, 4) is 0 Å². The summed E-state index contributed by atoms with van der Waals surface area (Å²) in [5, 5.41) is 0. The maximum atomic E-state index is 12.5. The first kappa shape index (κ1) is 12.0. The van der Waals surface area contributed by atoms with E-state index in [1.807, 2.05) is 23.1 Å². The Morgan fingerprint density at radius 2 is 1.82 bits per heavy atom. The average molecular weight is 232 g/mol. The van der Waals surface area contributed by atoms with E-state index in [0.29, 0.717) is 23.3 Å². The molecule has 1 fully saturated rings. The maximum Gasteiger partial charge on any atom is 0.256 e. The van der Waals surface area contributed by atoms with Gasteiger partial charge in [-0.1, -0.05) is 12.1 Å². The Hall–Kier alpha value is -1.51. The van der Waals surface area contributed by atoms with Gasteiger partial charge in [-0.05, 0) is 45.2 Å². The minimum Gasteiger partial charge on any atom is -0.398 e. The molecule has 1 amide bonds. The monoisotopic (exact) mass is 232 g/mol. The van der Waals surface area contributed by atoms with Crippen LogP contribution >= 0.6 is 0 Å². The molecular weight excluding hydrogens is 212 g/mol. The lowest BCUT2D eigenvalue weighted by Gasteiger charge is -2.39. The lowest BCUT2D eigenvalue weighted by atomic mass is 9.96. The highest BCUT2D eigenvalue weighted by atomic mass is 16.2. The minimum absolute atomic E-state index is 0.0720. The molecule has 1 aliphatic rings. The van der Waals surface area contributed by atoms with E-state index < -0.39 is 0 Å². The number of anilines is 1. The number of hydrogen-bond donors (Lipinski definition) is 1. The molecule has 0 radical (unpaired) electrons. The van der Waals surface area contributed by atoms with Gasteiger partial charge in [-0.25, -0.2) is 0 Å². The van der Waals surface area contributed by atoms with Crippen LogP contribution in [0.3, 0.4) is 0 Å². The molecule has 0 bridgehead atoms. The molecular formula is C14H20N2O. The molecule has 17 heavy (non-hydrogen) atoms. The normalized spacial score (nSPS) is 24.7. The van der Waals surface area contributed by atoms with Crippen molar-refractivity contribution in [3.05, 3.63) is 29.8 Å². The molecule has 0 spiro atoms. The Kier molecular flexibility index (Phi) is 3.36. The van der Waals surface area contributed by atoms with Crippen LogP contribution in [-0.4, -0.2) is 22.9 Å². The topological polar surface area (TPSA) is 46.3 Å². The number of likely N-dealkylation sites (tertiary alicyclic amines) is 1. The number of nitrogen functional groups attached to an aromatic ring is 1. The molecule has 1 heterocycles. The third kappa shape index (κ3) is 2.28. The number of para-hydroxylation sites is 1. The molecule has 3 nitrogen and oxygen atoms in total. The number of carbonyl (C=O) groups is 1. The highest BCUT2D eigenvalue weighted by Gasteiger charge is 2.30. The second-order valence-corrected chi connectivity index (χ2v) is 4.93. The molecule has 0 aromatic heterocycles. The minimum atomic E-state index is 0.0720. The molecule has 92 valence electrons. The predicted octanol–water partition coefficient (Wildman–Crippen LogP) is 2.67. The van der Waals surface area contributed by atoms with Crippen LogP contribution < -0.4 is 5.73 Å². The van der Waals surface area contributed by atoms with Crippen molar-refractivity contribution in [1.29, 1.82) is 0 Å². The molecule has 0 unspecified atom stereocenters. The van der Waals surface area contributed by atoms with Gasteiger partial charge in [0.1, 0.15) is 0 Å². The summed E-state index contributed by atoms with van der Waals surface area (Å²) in [7, 11) is 0. The van der Waals surface area contributed by atoms with Crippen LogP contribution in [0, 0.1) is 0 Å². The standard InChI is InChI=1S/C14H20N2O/c1-10-6-5-7-11(2)16(10)14(17)12-8-3-4-9-13(12)15/h3-4,8-11H,5-7,15H2,1-2H3/t10-,11-/m0/s1. The van der Waals surface area contributed by atoms with Gasteiger partial charge in [0.15, 0.2) is 0 Å². The zero-order valence-electron chi connectivity index (χ0n) is 10.5. The van der Waals surface area contributed by atoms with Gasteiger partial charge in [-0.3, -0.25) is 4.79 Å². The number of carbonyl (C=O) groups excluding carboxylic acids is 1. The lowest BCUT2D eigenvalue weighted by molar-refractivity contribution is 0.0512. The molecule has 1 aromatic carbocycles. The van der Waals surface area contributed by atoms with Crippen molar-refractivity contribution in [2.45, 2.75) is 45.2 Å². The fraction of sp³-hybridized carbons (Fsp3) is 0.500. The van der Waals surface area contributed by atoms with E-state index in [4.69, 9.17) is 5.73 Å². The van der Waals surface area contributed by atoms with Gasteiger partial charge in [0.2, 0.25) is 0 Å². The van der Waals surface area contributed by atoms with Gasteiger partial charge < -0.3 is 10.6 Å². The molecule has 2 rings (SSSR count). The summed E-state index contributed by atoms with van der Waals surface area (Å²) >= 11 is 0. The van der Waals surface area contributed by atoms with Crippen molar-refractivity contribution in [1.82, 2.24) is 4.90 Å². The first-order valence-electron chi connectivity index (χ1n) is 6.28. The maximum absolute atomic E-state index is 12.5. The van der Waals surface area contributed by atoms with Crippen molar-refractivity contribution < 1.29 is 4.79 Å². The molecule has 3 heteroatoms. The van der Waals surface area contributed by atoms with Gasteiger partial charge in [0.25, 0.3) is 5.91 Å². The van der Waals surface area contributed by atoms with E-state index in [1.165, 1.54) is 6.42 Å². The number of amides is 1. The summed E-state index contributed by atoms with van der Waals surface area (Å²) < 4.78 is 0. The Balaban J connectivity index is 2.27. The van der Waals surface area contributed by atoms with Crippen molar-refractivity contribution >= 4 is 11.6 Å². The zero-order chi connectivity index (χ0) is 12.4. The number of benzene rings is 1. The molecule has 0 saturated carbocycles.